The van der Waals surface area contributed by atoms with Gasteiger partial charge in [0.15, 0.2) is 0 Å². The highest BCUT2D eigenvalue weighted by atomic mass is 16.6. The first-order chi connectivity index (χ1) is 10.3. The number of aliphatic hydroxyl groups is 1. The van der Waals surface area contributed by atoms with Crippen LogP contribution in [0, 0.1) is 0 Å². The summed E-state index contributed by atoms with van der Waals surface area (Å²) < 4.78 is 15.7. The Balaban J connectivity index is 1.96. The third-order valence-electron chi connectivity index (χ3n) is 3.12. The van der Waals surface area contributed by atoms with Crippen molar-refractivity contribution in [2.24, 2.45) is 0 Å². The lowest BCUT2D eigenvalue weighted by molar-refractivity contribution is 0.0328. The van der Waals surface area contributed by atoms with Crippen molar-refractivity contribution in [1.29, 1.82) is 0 Å². The maximum absolute atomic E-state index is 11.6. The number of aliphatic hydroxyl groups excluding tert-OH is 1. The number of carbonyl (C=O) groups excluding carboxylic acids is 1. The molecule has 0 radical (unpaired) electrons. The first-order valence-corrected chi connectivity index (χ1v) is 7.68. The highest BCUT2D eigenvalue weighted by Gasteiger charge is 2.14. The van der Waals surface area contributed by atoms with Gasteiger partial charge < -0.3 is 24.6 Å². The largest absolute Gasteiger partial charge is 0.446 e. The summed E-state index contributed by atoms with van der Waals surface area (Å²) in [6.07, 6.45) is 8.90. The molecule has 0 aromatic heterocycles. The van der Waals surface area contributed by atoms with Crippen molar-refractivity contribution in [3.63, 3.8) is 0 Å². The summed E-state index contributed by atoms with van der Waals surface area (Å²) in [5.74, 6) is 0. The van der Waals surface area contributed by atoms with E-state index in [1.165, 1.54) is 0 Å². The summed E-state index contributed by atoms with van der Waals surface area (Å²) in [5.41, 5.74) is 0. The molecule has 0 aliphatic heterocycles. The number of rotatable bonds is 9. The highest BCUT2D eigenvalue weighted by Crippen LogP contribution is 2.15. The molecule has 1 unspecified atom stereocenters. The van der Waals surface area contributed by atoms with E-state index in [4.69, 9.17) is 19.3 Å². The van der Waals surface area contributed by atoms with Crippen LogP contribution in [-0.4, -0.2) is 56.9 Å². The fourth-order valence-electron chi connectivity index (χ4n) is 2.05. The third-order valence-corrected chi connectivity index (χ3v) is 3.12. The van der Waals surface area contributed by atoms with Crippen molar-refractivity contribution in [1.82, 2.24) is 5.32 Å². The summed E-state index contributed by atoms with van der Waals surface area (Å²) in [6.45, 7) is 2.08. The second kappa shape index (κ2) is 12.6. The molecule has 21 heavy (non-hydrogen) atoms. The number of hydrogen-bond acceptors (Lipinski definition) is 5. The molecule has 0 fully saturated rings. The molecule has 1 atom stereocenters. The van der Waals surface area contributed by atoms with Crippen LogP contribution < -0.4 is 5.32 Å². The van der Waals surface area contributed by atoms with E-state index in [0.29, 0.717) is 33.0 Å². The molecular weight excluding hydrogens is 274 g/mol. The summed E-state index contributed by atoms with van der Waals surface area (Å²) in [7, 11) is 0. The van der Waals surface area contributed by atoms with E-state index in [-0.39, 0.29) is 18.8 Å². The van der Waals surface area contributed by atoms with Crippen LogP contribution in [-0.2, 0) is 14.2 Å². The Labute approximate surface area is 126 Å². The molecule has 0 aromatic rings. The van der Waals surface area contributed by atoms with Gasteiger partial charge in [-0.15, -0.1) is 0 Å². The van der Waals surface area contributed by atoms with Crippen LogP contribution in [0.25, 0.3) is 0 Å². The summed E-state index contributed by atoms with van der Waals surface area (Å²) >= 11 is 0. The lowest BCUT2D eigenvalue weighted by Crippen LogP contribution is -2.31. The zero-order chi connectivity index (χ0) is 15.2. The van der Waals surface area contributed by atoms with Crippen molar-refractivity contribution in [3.8, 4) is 0 Å². The average Bonchev–Trinajstić information content (AvgIpc) is 2.44. The Kier molecular flexibility index (Phi) is 10.8. The van der Waals surface area contributed by atoms with E-state index in [1.54, 1.807) is 0 Å². The van der Waals surface area contributed by atoms with Crippen LogP contribution in [0.1, 0.15) is 32.1 Å². The van der Waals surface area contributed by atoms with Crippen LogP contribution in [0.4, 0.5) is 4.79 Å². The number of nitrogens with one attached hydrogen (secondary N) is 1. The second-order valence-electron chi connectivity index (χ2n) is 4.88. The topological polar surface area (TPSA) is 77.0 Å². The smallest absolute Gasteiger partial charge is 0.407 e. The zero-order valence-electron chi connectivity index (χ0n) is 12.6. The van der Waals surface area contributed by atoms with Gasteiger partial charge in [0, 0.05) is 6.54 Å². The third kappa shape index (κ3) is 10.3. The second-order valence-corrected chi connectivity index (χ2v) is 4.88. The van der Waals surface area contributed by atoms with Gasteiger partial charge in [-0.25, -0.2) is 4.79 Å². The Morgan fingerprint density at radius 3 is 2.67 bits per heavy atom. The quantitative estimate of drug-likeness (QED) is 0.500. The van der Waals surface area contributed by atoms with E-state index in [2.05, 4.69) is 17.5 Å². The van der Waals surface area contributed by atoms with Gasteiger partial charge in [-0.05, 0) is 32.1 Å². The molecule has 0 heterocycles. The molecule has 0 saturated carbocycles. The summed E-state index contributed by atoms with van der Waals surface area (Å²) in [4.78, 5) is 11.6. The van der Waals surface area contributed by atoms with Gasteiger partial charge in [0.1, 0.15) is 6.10 Å². The van der Waals surface area contributed by atoms with Crippen molar-refractivity contribution in [3.05, 3.63) is 12.2 Å². The number of allylic oxidation sites excluding steroid dienone is 2. The number of amides is 1. The maximum Gasteiger partial charge on any atom is 0.407 e. The molecule has 6 nitrogen and oxygen atoms in total. The van der Waals surface area contributed by atoms with E-state index in [1.807, 2.05) is 0 Å². The fourth-order valence-corrected chi connectivity index (χ4v) is 2.05. The molecule has 0 spiro atoms. The predicted molar refractivity (Wildman–Crippen MR) is 79.2 cm³/mol. The lowest BCUT2D eigenvalue weighted by Gasteiger charge is -2.18. The SMILES string of the molecule is O=C(NCCOCCOCCO)OC1CC/C=C\CCC1. The average molecular weight is 301 g/mol. The zero-order valence-corrected chi connectivity index (χ0v) is 12.6. The molecule has 0 saturated heterocycles. The standard InChI is InChI=1S/C15H27NO5/c17-9-11-20-13-12-19-10-8-16-15(18)21-14-6-4-2-1-3-5-7-14/h1-2,14,17H,3-13H2,(H,16,18)/b2-1-. The summed E-state index contributed by atoms with van der Waals surface area (Å²) in [5, 5.41) is 11.2. The van der Waals surface area contributed by atoms with Crippen LogP contribution in [0.15, 0.2) is 12.2 Å². The molecule has 1 amide bonds. The van der Waals surface area contributed by atoms with Crippen LogP contribution in [0.3, 0.4) is 0 Å². The van der Waals surface area contributed by atoms with Crippen molar-refractivity contribution in [2.45, 2.75) is 38.2 Å². The minimum absolute atomic E-state index is 0.0164. The highest BCUT2D eigenvalue weighted by molar-refractivity contribution is 5.67. The molecule has 2 N–H and O–H groups in total. The van der Waals surface area contributed by atoms with Crippen LogP contribution in [0.2, 0.25) is 0 Å². The van der Waals surface area contributed by atoms with Crippen molar-refractivity contribution >= 4 is 6.09 Å². The first-order valence-electron chi connectivity index (χ1n) is 7.68. The molecule has 1 aliphatic rings. The molecule has 1 aliphatic carbocycles. The van der Waals surface area contributed by atoms with E-state index in [0.717, 1.165) is 32.1 Å². The molecule has 1 rings (SSSR count). The first kappa shape index (κ1) is 17.9. The van der Waals surface area contributed by atoms with Crippen LogP contribution >= 0.6 is 0 Å². The lowest BCUT2D eigenvalue weighted by atomic mass is 10.0. The molecule has 122 valence electrons. The van der Waals surface area contributed by atoms with Gasteiger partial charge in [0.25, 0.3) is 0 Å². The molecule has 6 heteroatoms. The molecule has 0 bridgehead atoms. The van der Waals surface area contributed by atoms with Crippen molar-refractivity contribution < 1.29 is 24.1 Å². The molecular formula is C15H27NO5. The molecule has 0 aromatic carbocycles. The predicted octanol–water partition coefficient (Wildman–Crippen LogP) is 1.63. The van der Waals surface area contributed by atoms with Gasteiger partial charge in [-0.2, -0.15) is 0 Å². The van der Waals surface area contributed by atoms with Crippen LogP contribution in [0.5, 0.6) is 0 Å². The van der Waals surface area contributed by atoms with E-state index < -0.39 is 0 Å². The van der Waals surface area contributed by atoms with E-state index in [9.17, 15) is 4.79 Å². The van der Waals surface area contributed by atoms with Gasteiger partial charge in [-0.3, -0.25) is 0 Å². The number of ether oxygens (including phenoxy) is 3. The summed E-state index contributed by atoms with van der Waals surface area (Å²) in [6, 6.07) is 0. The Morgan fingerprint density at radius 1 is 1.10 bits per heavy atom. The number of hydrogen-bond donors (Lipinski definition) is 2. The fraction of sp³-hybridized carbons (Fsp3) is 0.800. The Bertz CT molecular complexity index is 296. The maximum atomic E-state index is 11.6. The monoisotopic (exact) mass is 301 g/mol. The van der Waals surface area contributed by atoms with Gasteiger partial charge in [-0.1, -0.05) is 12.2 Å². The normalized spacial score (nSPS) is 20.3. The van der Waals surface area contributed by atoms with Crippen molar-refractivity contribution in [2.75, 3.05) is 39.6 Å². The Morgan fingerprint density at radius 2 is 1.86 bits per heavy atom. The minimum Gasteiger partial charge on any atom is -0.446 e. The number of carbonyl (C=O) groups is 1. The van der Waals surface area contributed by atoms with Gasteiger partial charge in [0.05, 0.1) is 33.0 Å². The number of alkyl carbamates (subject to hydrolysis) is 1. The van der Waals surface area contributed by atoms with E-state index >= 15 is 0 Å². The van der Waals surface area contributed by atoms with Gasteiger partial charge >= 0.3 is 6.09 Å². The Hall–Kier alpha value is -1.11. The van der Waals surface area contributed by atoms with Gasteiger partial charge in [0.2, 0.25) is 0 Å². The minimum atomic E-state index is -0.371.